The van der Waals surface area contributed by atoms with Crippen molar-refractivity contribution in [2.75, 3.05) is 0 Å². The Hall–Kier alpha value is -2.54. The van der Waals surface area contributed by atoms with Crippen molar-refractivity contribution in [1.82, 2.24) is 5.32 Å². The zero-order chi connectivity index (χ0) is 22.3. The monoisotopic (exact) mass is 433 g/mol. The Morgan fingerprint density at radius 1 is 1.00 bits per heavy atom. The maximum Gasteiger partial charge on any atom is 0.408 e. The van der Waals surface area contributed by atoms with Crippen LogP contribution in [0.25, 0.3) is 0 Å². The molecular formula is C23H28FNO4S. The summed E-state index contributed by atoms with van der Waals surface area (Å²) in [7, 11) is 0. The lowest BCUT2D eigenvalue weighted by Crippen LogP contribution is -2.43. The maximum atomic E-state index is 13.3. The van der Waals surface area contributed by atoms with E-state index in [4.69, 9.17) is 9.47 Å². The first-order valence-corrected chi connectivity index (χ1v) is 10.6. The van der Waals surface area contributed by atoms with Gasteiger partial charge in [0.1, 0.15) is 23.6 Å². The number of esters is 1. The molecule has 7 heteroatoms. The average molecular weight is 434 g/mol. The summed E-state index contributed by atoms with van der Waals surface area (Å²) in [6, 6.07) is 14.9. The van der Waals surface area contributed by atoms with Crippen molar-refractivity contribution in [2.45, 2.75) is 62.5 Å². The highest BCUT2D eigenvalue weighted by atomic mass is 32.2. The van der Waals surface area contributed by atoms with Gasteiger partial charge in [-0.2, -0.15) is 0 Å². The van der Waals surface area contributed by atoms with Gasteiger partial charge in [-0.1, -0.05) is 30.3 Å². The number of thioether (sulfide) groups is 1. The molecule has 0 unspecified atom stereocenters. The number of carbonyl (C=O) groups excluding carboxylic acids is 2. The van der Waals surface area contributed by atoms with E-state index >= 15 is 0 Å². The van der Waals surface area contributed by atoms with E-state index in [2.05, 4.69) is 5.32 Å². The van der Waals surface area contributed by atoms with Gasteiger partial charge in [0.05, 0.1) is 5.25 Å². The minimum absolute atomic E-state index is 0.214. The van der Waals surface area contributed by atoms with Crippen LogP contribution in [0.3, 0.4) is 0 Å². The van der Waals surface area contributed by atoms with Gasteiger partial charge < -0.3 is 14.8 Å². The van der Waals surface area contributed by atoms with Crippen LogP contribution in [-0.2, 0) is 14.3 Å². The van der Waals surface area contributed by atoms with Gasteiger partial charge in [-0.05, 0) is 64.4 Å². The third-order valence-electron chi connectivity index (χ3n) is 4.02. The molecule has 0 saturated heterocycles. The number of hydrogen-bond donors (Lipinski definition) is 1. The molecule has 2 aromatic carbocycles. The van der Waals surface area contributed by atoms with Crippen molar-refractivity contribution in [3.8, 4) is 0 Å². The Labute approximate surface area is 181 Å². The highest BCUT2D eigenvalue weighted by Crippen LogP contribution is 2.39. The molecule has 2 rings (SSSR count). The zero-order valence-electron chi connectivity index (χ0n) is 17.8. The molecule has 1 amide bonds. The Morgan fingerprint density at radius 3 is 2.17 bits per heavy atom. The first kappa shape index (κ1) is 23.7. The van der Waals surface area contributed by atoms with Gasteiger partial charge in [-0.15, -0.1) is 11.8 Å². The second kappa shape index (κ2) is 10.5. The van der Waals surface area contributed by atoms with Gasteiger partial charge in [0.25, 0.3) is 0 Å². The van der Waals surface area contributed by atoms with Crippen molar-refractivity contribution in [2.24, 2.45) is 0 Å². The average Bonchev–Trinajstić information content (AvgIpc) is 2.66. The SMILES string of the molecule is C[C@H](NC(=O)OC(C)(C)C)C(=O)O[C@@H](C)[C@H](Sc1ccc(F)cc1)c1ccccc1. The standard InChI is InChI=1S/C23H28FNO4S/c1-15(25-22(27)29-23(3,4)5)21(26)28-16(2)20(17-9-7-6-8-10-17)30-19-13-11-18(24)12-14-19/h6-16,20H,1-5H3,(H,25,27)/t15-,16-,20-/m0/s1. The van der Waals surface area contributed by atoms with E-state index in [1.54, 1.807) is 46.8 Å². The lowest BCUT2D eigenvalue weighted by molar-refractivity contribution is -0.150. The fourth-order valence-corrected chi connectivity index (χ4v) is 3.75. The van der Waals surface area contributed by atoms with Crippen molar-refractivity contribution >= 4 is 23.8 Å². The predicted octanol–water partition coefficient (Wildman–Crippen LogP) is 5.50. The van der Waals surface area contributed by atoms with Crippen molar-refractivity contribution < 1.29 is 23.5 Å². The van der Waals surface area contributed by atoms with Gasteiger partial charge in [0.2, 0.25) is 0 Å². The molecule has 0 aliphatic carbocycles. The lowest BCUT2D eigenvalue weighted by atomic mass is 10.1. The third kappa shape index (κ3) is 7.71. The van der Waals surface area contributed by atoms with E-state index in [0.29, 0.717) is 0 Å². The maximum absolute atomic E-state index is 13.3. The van der Waals surface area contributed by atoms with Crippen molar-refractivity contribution in [1.29, 1.82) is 0 Å². The largest absolute Gasteiger partial charge is 0.460 e. The van der Waals surface area contributed by atoms with Crippen LogP contribution >= 0.6 is 11.8 Å². The van der Waals surface area contributed by atoms with Crippen LogP contribution in [0.5, 0.6) is 0 Å². The van der Waals surface area contributed by atoms with Gasteiger partial charge in [-0.3, -0.25) is 0 Å². The number of halogens is 1. The Balaban J connectivity index is 2.08. The second-order valence-corrected chi connectivity index (χ2v) is 9.13. The predicted molar refractivity (Wildman–Crippen MR) is 116 cm³/mol. The van der Waals surface area contributed by atoms with Gasteiger partial charge in [0.15, 0.2) is 0 Å². The van der Waals surface area contributed by atoms with E-state index in [0.717, 1.165) is 10.5 Å². The molecule has 0 aliphatic rings. The molecule has 162 valence electrons. The van der Waals surface area contributed by atoms with E-state index in [-0.39, 0.29) is 11.1 Å². The Bertz CT molecular complexity index is 837. The molecule has 0 fully saturated rings. The molecule has 0 bridgehead atoms. The van der Waals surface area contributed by atoms with Crippen LogP contribution in [0.2, 0.25) is 0 Å². The van der Waals surface area contributed by atoms with E-state index in [1.807, 2.05) is 30.3 Å². The molecule has 0 radical (unpaired) electrons. The summed E-state index contributed by atoms with van der Waals surface area (Å²) < 4.78 is 24.1. The number of nitrogens with one attached hydrogen (secondary N) is 1. The molecule has 1 N–H and O–H groups in total. The van der Waals surface area contributed by atoms with Gasteiger partial charge >= 0.3 is 12.1 Å². The topological polar surface area (TPSA) is 64.6 Å². The number of carbonyl (C=O) groups is 2. The van der Waals surface area contributed by atoms with Crippen LogP contribution in [0.1, 0.15) is 45.4 Å². The van der Waals surface area contributed by atoms with Crippen molar-refractivity contribution in [3.05, 3.63) is 66.0 Å². The summed E-state index contributed by atoms with van der Waals surface area (Å²) in [6.45, 7) is 8.58. The van der Waals surface area contributed by atoms with Crippen LogP contribution in [0, 0.1) is 5.82 Å². The lowest BCUT2D eigenvalue weighted by Gasteiger charge is -2.26. The van der Waals surface area contributed by atoms with Gasteiger partial charge in [-0.25, -0.2) is 14.0 Å². The number of hydrogen-bond acceptors (Lipinski definition) is 5. The molecule has 30 heavy (non-hydrogen) atoms. The molecule has 0 saturated carbocycles. The van der Waals surface area contributed by atoms with Crippen molar-refractivity contribution in [3.63, 3.8) is 0 Å². The number of alkyl carbamates (subject to hydrolysis) is 1. The van der Waals surface area contributed by atoms with Crippen LogP contribution in [-0.4, -0.2) is 29.8 Å². The Morgan fingerprint density at radius 2 is 1.60 bits per heavy atom. The molecule has 0 aliphatic heterocycles. The minimum Gasteiger partial charge on any atom is -0.460 e. The summed E-state index contributed by atoms with van der Waals surface area (Å²) in [5.41, 5.74) is 0.311. The zero-order valence-corrected chi connectivity index (χ0v) is 18.7. The quantitative estimate of drug-likeness (QED) is 0.461. The van der Waals surface area contributed by atoms with E-state index in [9.17, 15) is 14.0 Å². The fourth-order valence-electron chi connectivity index (χ4n) is 2.63. The summed E-state index contributed by atoms with van der Waals surface area (Å²) >= 11 is 1.48. The summed E-state index contributed by atoms with van der Waals surface area (Å²) in [4.78, 5) is 25.3. The second-order valence-electron chi connectivity index (χ2n) is 7.91. The molecule has 0 heterocycles. The van der Waals surface area contributed by atoms with Crippen LogP contribution in [0.4, 0.5) is 9.18 Å². The molecule has 0 aromatic heterocycles. The van der Waals surface area contributed by atoms with Crippen LogP contribution < -0.4 is 5.32 Å². The molecular weight excluding hydrogens is 405 g/mol. The summed E-state index contributed by atoms with van der Waals surface area (Å²) in [5, 5.41) is 2.28. The first-order valence-electron chi connectivity index (χ1n) is 9.72. The molecule has 0 spiro atoms. The normalized spacial score (nSPS) is 14.3. The van der Waals surface area contributed by atoms with Gasteiger partial charge in [0, 0.05) is 4.90 Å². The van der Waals surface area contributed by atoms with Crippen LogP contribution in [0.15, 0.2) is 59.5 Å². The summed E-state index contributed by atoms with van der Waals surface area (Å²) in [6.07, 6.45) is -1.18. The first-order chi connectivity index (χ1) is 14.0. The molecule has 5 nitrogen and oxygen atoms in total. The third-order valence-corrected chi connectivity index (χ3v) is 5.47. The highest BCUT2D eigenvalue weighted by molar-refractivity contribution is 7.99. The fraction of sp³-hybridized carbons (Fsp3) is 0.391. The number of rotatable bonds is 7. The smallest absolute Gasteiger partial charge is 0.408 e. The Kier molecular flexibility index (Phi) is 8.29. The van der Waals surface area contributed by atoms with E-state index < -0.39 is 29.8 Å². The van der Waals surface area contributed by atoms with E-state index in [1.165, 1.54) is 23.9 Å². The number of ether oxygens (including phenoxy) is 2. The molecule has 2 aromatic rings. The minimum atomic E-state index is -0.866. The number of amides is 1. The number of benzene rings is 2. The molecule has 3 atom stereocenters. The highest BCUT2D eigenvalue weighted by Gasteiger charge is 2.28. The summed E-state index contributed by atoms with van der Waals surface area (Å²) in [5.74, 6) is -0.869.